The zero-order chi connectivity index (χ0) is 27.5. The fourth-order valence-corrected chi connectivity index (χ4v) is 4.07. The molecule has 11 heteroatoms. The number of aromatic amines is 1. The predicted molar refractivity (Wildman–Crippen MR) is 147 cm³/mol. The van der Waals surface area contributed by atoms with Crippen molar-refractivity contribution in [2.24, 2.45) is 17.2 Å². The van der Waals surface area contributed by atoms with E-state index in [9.17, 15) is 19.2 Å². The lowest BCUT2D eigenvalue weighted by atomic mass is 10.0. The summed E-state index contributed by atoms with van der Waals surface area (Å²) in [5.74, 6) is -1.30. The Morgan fingerprint density at radius 1 is 0.921 bits per heavy atom. The number of nitrogens with two attached hydrogens (primary N) is 3. The minimum absolute atomic E-state index is 0.205. The molecular formula is C27H35N7O4. The summed E-state index contributed by atoms with van der Waals surface area (Å²) in [5, 5.41) is 5.87. The van der Waals surface area contributed by atoms with Crippen molar-refractivity contribution in [1.29, 1.82) is 0 Å². The van der Waals surface area contributed by atoms with Gasteiger partial charge in [0.1, 0.15) is 11.9 Å². The van der Waals surface area contributed by atoms with Gasteiger partial charge in [-0.2, -0.15) is 0 Å². The van der Waals surface area contributed by atoms with Crippen molar-refractivity contribution < 1.29 is 14.4 Å². The predicted octanol–water partition coefficient (Wildman–Crippen LogP) is 0.0476. The van der Waals surface area contributed by atoms with Crippen LogP contribution >= 0.6 is 0 Å². The molecule has 0 aliphatic rings. The lowest BCUT2D eigenvalue weighted by molar-refractivity contribution is -0.134. The van der Waals surface area contributed by atoms with Crippen molar-refractivity contribution in [3.8, 4) is 0 Å². The van der Waals surface area contributed by atoms with Crippen LogP contribution in [0.25, 0.3) is 10.9 Å². The summed E-state index contributed by atoms with van der Waals surface area (Å²) in [7, 11) is 0. The highest BCUT2D eigenvalue weighted by molar-refractivity contribution is 5.98. The van der Waals surface area contributed by atoms with E-state index in [1.54, 1.807) is 24.3 Å². The van der Waals surface area contributed by atoms with E-state index in [0.29, 0.717) is 30.4 Å². The first-order valence-electron chi connectivity index (χ1n) is 12.5. The fraction of sp³-hybridized carbons (Fsp3) is 0.333. The molecule has 11 nitrogen and oxygen atoms in total. The Kier molecular flexibility index (Phi) is 10.5. The normalized spacial score (nSPS) is 12.5. The lowest BCUT2D eigenvalue weighted by Crippen LogP contribution is -2.52. The number of carbonyl (C=O) groups excluding carboxylic acids is 3. The number of hydrogen-bond donors (Lipinski definition) is 6. The standard InChI is InChI=1S/C27H35N7O4/c28-12-14-34(15-13-29)25(36)16-20(30)26(37)32-22(11-10-18-6-2-1-3-7-18)27(38)33-24-17-23(35)19-8-4-5-9-21(19)31-24/h1-9,17,20,22H,10-16,28-30H2,(H,32,37)(H2,31,33,35,38). The van der Waals surface area contributed by atoms with Crippen LogP contribution in [0.15, 0.2) is 65.5 Å². The number of nitrogens with one attached hydrogen (secondary N) is 3. The van der Waals surface area contributed by atoms with Crippen LogP contribution in [-0.2, 0) is 20.8 Å². The molecule has 0 saturated heterocycles. The Hall–Kier alpha value is -4.06. The highest BCUT2D eigenvalue weighted by atomic mass is 16.2. The number of nitrogens with zero attached hydrogens (tertiary/aromatic N) is 1. The molecule has 0 saturated carbocycles. The molecule has 2 atom stereocenters. The summed E-state index contributed by atoms with van der Waals surface area (Å²) in [6.45, 7) is 1.12. The quantitative estimate of drug-likeness (QED) is 0.183. The molecule has 0 radical (unpaired) electrons. The second-order valence-electron chi connectivity index (χ2n) is 8.94. The monoisotopic (exact) mass is 521 g/mol. The zero-order valence-electron chi connectivity index (χ0n) is 21.2. The Labute approximate surface area is 220 Å². The Morgan fingerprint density at radius 2 is 1.58 bits per heavy atom. The molecule has 1 heterocycles. The van der Waals surface area contributed by atoms with Gasteiger partial charge in [-0.3, -0.25) is 19.2 Å². The Balaban J connectivity index is 1.73. The summed E-state index contributed by atoms with van der Waals surface area (Å²) < 4.78 is 0. The van der Waals surface area contributed by atoms with E-state index in [2.05, 4.69) is 15.6 Å². The third-order valence-electron chi connectivity index (χ3n) is 6.07. The molecular weight excluding hydrogens is 486 g/mol. The van der Waals surface area contributed by atoms with E-state index < -0.39 is 23.9 Å². The minimum Gasteiger partial charge on any atom is -0.343 e. The van der Waals surface area contributed by atoms with Crippen LogP contribution < -0.4 is 33.3 Å². The smallest absolute Gasteiger partial charge is 0.248 e. The highest BCUT2D eigenvalue weighted by Crippen LogP contribution is 2.12. The van der Waals surface area contributed by atoms with Gasteiger partial charge < -0.3 is 37.7 Å². The summed E-state index contributed by atoms with van der Waals surface area (Å²) in [4.78, 5) is 55.7. The Bertz CT molecular complexity index is 1290. The second kappa shape index (κ2) is 14.0. The van der Waals surface area contributed by atoms with Crippen LogP contribution in [0.5, 0.6) is 0 Å². The van der Waals surface area contributed by atoms with Gasteiger partial charge in [0.05, 0.1) is 18.0 Å². The first-order chi connectivity index (χ1) is 18.3. The SMILES string of the molecule is NCCN(CCN)C(=O)CC(N)C(=O)NC(CCc1ccccc1)C(=O)Nc1cc(=O)c2ccccc2[nH]1. The van der Waals surface area contributed by atoms with Gasteiger partial charge in [0.15, 0.2) is 5.43 Å². The van der Waals surface area contributed by atoms with Gasteiger partial charge in [0.2, 0.25) is 17.7 Å². The second-order valence-corrected chi connectivity index (χ2v) is 8.94. The van der Waals surface area contributed by atoms with Crippen LogP contribution in [0.4, 0.5) is 5.82 Å². The summed E-state index contributed by atoms with van der Waals surface area (Å²) in [6.07, 6.45) is 0.520. The molecule has 9 N–H and O–H groups in total. The van der Waals surface area contributed by atoms with Gasteiger partial charge in [-0.1, -0.05) is 42.5 Å². The molecule has 1 aromatic heterocycles. The lowest BCUT2D eigenvalue weighted by Gasteiger charge is -2.24. The molecule has 2 aromatic carbocycles. The Morgan fingerprint density at radius 3 is 2.26 bits per heavy atom. The number of aromatic nitrogens is 1. The summed E-state index contributed by atoms with van der Waals surface area (Å²) >= 11 is 0. The first kappa shape index (κ1) is 28.5. The largest absolute Gasteiger partial charge is 0.343 e. The molecule has 0 bridgehead atoms. The van der Waals surface area contributed by atoms with Gasteiger partial charge in [-0.15, -0.1) is 0 Å². The van der Waals surface area contributed by atoms with Crippen LogP contribution in [-0.4, -0.2) is 65.9 Å². The number of rotatable bonds is 13. The zero-order valence-corrected chi connectivity index (χ0v) is 21.2. The average Bonchev–Trinajstić information content (AvgIpc) is 2.91. The van der Waals surface area contributed by atoms with E-state index in [-0.39, 0.29) is 43.1 Å². The van der Waals surface area contributed by atoms with Crippen LogP contribution in [0, 0.1) is 0 Å². The maximum absolute atomic E-state index is 13.2. The summed E-state index contributed by atoms with van der Waals surface area (Å²) in [6, 6.07) is 15.6. The molecule has 38 heavy (non-hydrogen) atoms. The van der Waals surface area contributed by atoms with Crippen molar-refractivity contribution in [1.82, 2.24) is 15.2 Å². The number of para-hydroxylation sites is 1. The van der Waals surface area contributed by atoms with Crippen LogP contribution in [0.2, 0.25) is 0 Å². The van der Waals surface area contributed by atoms with E-state index in [1.807, 2.05) is 30.3 Å². The van der Waals surface area contributed by atoms with Gasteiger partial charge >= 0.3 is 0 Å². The third kappa shape index (κ3) is 7.97. The fourth-order valence-electron chi connectivity index (χ4n) is 4.07. The number of H-pyrrole nitrogens is 1. The number of hydrogen-bond acceptors (Lipinski definition) is 7. The third-order valence-corrected chi connectivity index (χ3v) is 6.07. The highest BCUT2D eigenvalue weighted by Gasteiger charge is 2.26. The summed E-state index contributed by atoms with van der Waals surface area (Å²) in [5.41, 5.74) is 18.5. The molecule has 0 aliphatic heterocycles. The number of amides is 3. The molecule has 0 aliphatic carbocycles. The molecule has 3 amide bonds. The first-order valence-corrected chi connectivity index (χ1v) is 12.5. The maximum Gasteiger partial charge on any atom is 0.248 e. The topological polar surface area (TPSA) is 189 Å². The number of fused-ring (bicyclic) bond motifs is 1. The van der Waals surface area contributed by atoms with Crippen LogP contribution in [0.3, 0.4) is 0 Å². The molecule has 0 spiro atoms. The average molecular weight is 522 g/mol. The van der Waals surface area contributed by atoms with E-state index >= 15 is 0 Å². The molecule has 3 aromatic rings. The van der Waals surface area contributed by atoms with Crippen molar-refractivity contribution in [2.45, 2.75) is 31.3 Å². The number of carbonyl (C=O) groups is 3. The van der Waals surface area contributed by atoms with Gasteiger partial charge in [0, 0.05) is 37.6 Å². The minimum atomic E-state index is -1.17. The molecule has 202 valence electrons. The van der Waals surface area contributed by atoms with Gasteiger partial charge in [-0.05, 0) is 30.5 Å². The van der Waals surface area contributed by atoms with Gasteiger partial charge in [-0.25, -0.2) is 0 Å². The number of benzene rings is 2. The van der Waals surface area contributed by atoms with Gasteiger partial charge in [0.25, 0.3) is 0 Å². The maximum atomic E-state index is 13.2. The number of aryl methyl sites for hydroxylation is 1. The van der Waals surface area contributed by atoms with Crippen molar-refractivity contribution >= 4 is 34.4 Å². The van der Waals surface area contributed by atoms with Crippen molar-refractivity contribution in [2.75, 3.05) is 31.5 Å². The number of pyridine rings is 1. The number of anilines is 1. The van der Waals surface area contributed by atoms with E-state index in [4.69, 9.17) is 17.2 Å². The van der Waals surface area contributed by atoms with Crippen molar-refractivity contribution in [3.05, 3.63) is 76.5 Å². The molecule has 2 unspecified atom stereocenters. The van der Waals surface area contributed by atoms with E-state index in [1.165, 1.54) is 11.0 Å². The van der Waals surface area contributed by atoms with E-state index in [0.717, 1.165) is 5.56 Å². The van der Waals surface area contributed by atoms with Crippen LogP contribution in [0.1, 0.15) is 18.4 Å². The van der Waals surface area contributed by atoms with Crippen molar-refractivity contribution in [3.63, 3.8) is 0 Å². The molecule has 0 fully saturated rings. The molecule has 3 rings (SSSR count).